The molecule has 0 amide bonds. The quantitative estimate of drug-likeness (QED) is 0.383. The standard InChI is InChI=1S/C27H25N5O2S/c1-17-15-21(18(2)32(17)23-12-4-3-10-20(23)26(33)34)25-24(22-11-6-8-14-29-22)30-27(35)31(25)16-19-9-5-7-13-28-19/h3-15,24-25H,16H2,1-2H3,(H,30,35)(H,33,34)/t24-,25+/m1/s1. The van der Waals surface area contributed by atoms with Crippen LogP contribution in [0.2, 0.25) is 0 Å². The summed E-state index contributed by atoms with van der Waals surface area (Å²) in [5.74, 6) is -0.957. The van der Waals surface area contributed by atoms with Gasteiger partial charge in [0.2, 0.25) is 0 Å². The molecule has 35 heavy (non-hydrogen) atoms. The molecule has 1 fully saturated rings. The summed E-state index contributed by atoms with van der Waals surface area (Å²) in [4.78, 5) is 23.2. The molecule has 0 radical (unpaired) electrons. The number of carboxylic acid groups (broad SMARTS) is 1. The lowest BCUT2D eigenvalue weighted by Crippen LogP contribution is -2.29. The van der Waals surface area contributed by atoms with E-state index in [1.165, 1.54) is 0 Å². The van der Waals surface area contributed by atoms with Crippen LogP contribution in [0.4, 0.5) is 0 Å². The van der Waals surface area contributed by atoms with E-state index in [0.29, 0.717) is 17.3 Å². The monoisotopic (exact) mass is 483 g/mol. The molecule has 0 aliphatic carbocycles. The summed E-state index contributed by atoms with van der Waals surface area (Å²) in [6.45, 7) is 4.56. The summed E-state index contributed by atoms with van der Waals surface area (Å²) in [6, 6.07) is 20.6. The smallest absolute Gasteiger partial charge is 0.337 e. The Kier molecular flexibility index (Phi) is 6.05. The number of para-hydroxylation sites is 1. The van der Waals surface area contributed by atoms with Crippen molar-refractivity contribution >= 4 is 23.3 Å². The van der Waals surface area contributed by atoms with Gasteiger partial charge < -0.3 is 19.9 Å². The number of pyridine rings is 2. The van der Waals surface area contributed by atoms with Crippen LogP contribution in [0.25, 0.3) is 5.69 Å². The van der Waals surface area contributed by atoms with E-state index in [2.05, 4.69) is 26.3 Å². The SMILES string of the molecule is Cc1cc([C@H]2[C@@H](c3ccccn3)NC(=S)N2Cc2ccccn2)c(C)n1-c1ccccc1C(=O)O. The molecule has 5 rings (SSSR count). The van der Waals surface area contributed by atoms with Gasteiger partial charge in [0, 0.05) is 23.8 Å². The number of aryl methyl sites for hydroxylation is 1. The highest BCUT2D eigenvalue weighted by Gasteiger charge is 2.41. The third-order valence-electron chi connectivity index (χ3n) is 6.42. The second-order valence-electron chi connectivity index (χ2n) is 8.56. The second-order valence-corrected chi connectivity index (χ2v) is 8.95. The Hall–Kier alpha value is -4.04. The third kappa shape index (κ3) is 4.17. The first-order chi connectivity index (χ1) is 17.0. The van der Waals surface area contributed by atoms with E-state index in [1.54, 1.807) is 24.5 Å². The highest BCUT2D eigenvalue weighted by molar-refractivity contribution is 7.80. The number of carboxylic acids is 1. The van der Waals surface area contributed by atoms with Crippen LogP contribution in [0.1, 0.15) is 50.8 Å². The maximum atomic E-state index is 12.0. The summed E-state index contributed by atoms with van der Waals surface area (Å²) in [6.07, 6.45) is 3.56. The highest BCUT2D eigenvalue weighted by atomic mass is 32.1. The van der Waals surface area contributed by atoms with Gasteiger partial charge in [-0.1, -0.05) is 24.3 Å². The van der Waals surface area contributed by atoms with Crippen LogP contribution in [0.5, 0.6) is 0 Å². The van der Waals surface area contributed by atoms with Crippen LogP contribution >= 0.6 is 12.2 Å². The zero-order valence-electron chi connectivity index (χ0n) is 19.4. The number of rotatable bonds is 6. The molecule has 3 aromatic heterocycles. The molecule has 1 aliphatic rings. The average molecular weight is 484 g/mol. The van der Waals surface area contributed by atoms with Crippen LogP contribution in [0.3, 0.4) is 0 Å². The Morgan fingerprint density at radius 3 is 2.43 bits per heavy atom. The van der Waals surface area contributed by atoms with E-state index in [1.807, 2.05) is 66.9 Å². The van der Waals surface area contributed by atoms with Gasteiger partial charge in [0.25, 0.3) is 0 Å². The molecule has 0 unspecified atom stereocenters. The number of nitrogens with one attached hydrogen (secondary N) is 1. The number of hydrogen-bond acceptors (Lipinski definition) is 4. The fourth-order valence-electron chi connectivity index (χ4n) is 4.89. The van der Waals surface area contributed by atoms with Crippen molar-refractivity contribution in [3.8, 4) is 5.69 Å². The number of aromatic nitrogens is 3. The fraction of sp³-hybridized carbons (Fsp3) is 0.185. The molecular weight excluding hydrogens is 458 g/mol. The van der Waals surface area contributed by atoms with Crippen LogP contribution in [-0.2, 0) is 6.54 Å². The van der Waals surface area contributed by atoms with Gasteiger partial charge in [-0.15, -0.1) is 0 Å². The van der Waals surface area contributed by atoms with E-state index >= 15 is 0 Å². The Bertz CT molecular complexity index is 1390. The zero-order valence-corrected chi connectivity index (χ0v) is 20.2. The Labute approximate surface area is 209 Å². The largest absolute Gasteiger partial charge is 0.478 e. The molecule has 1 aromatic carbocycles. The molecule has 176 valence electrons. The van der Waals surface area contributed by atoms with Crippen molar-refractivity contribution in [1.82, 2.24) is 24.8 Å². The molecule has 1 aliphatic heterocycles. The Morgan fingerprint density at radius 1 is 1.03 bits per heavy atom. The molecule has 1 saturated heterocycles. The minimum absolute atomic E-state index is 0.156. The van der Waals surface area contributed by atoms with E-state index < -0.39 is 5.97 Å². The first kappa shape index (κ1) is 22.7. The number of benzene rings is 1. The first-order valence-corrected chi connectivity index (χ1v) is 11.8. The van der Waals surface area contributed by atoms with E-state index in [9.17, 15) is 9.90 Å². The predicted octanol–water partition coefficient (Wildman–Crippen LogP) is 4.76. The van der Waals surface area contributed by atoms with Crippen LogP contribution in [0.15, 0.2) is 79.1 Å². The summed E-state index contributed by atoms with van der Waals surface area (Å²) < 4.78 is 2.01. The summed E-state index contributed by atoms with van der Waals surface area (Å²) in [5.41, 5.74) is 5.66. The molecule has 7 nitrogen and oxygen atoms in total. The third-order valence-corrected chi connectivity index (χ3v) is 6.77. The van der Waals surface area contributed by atoms with Crippen molar-refractivity contribution in [1.29, 1.82) is 0 Å². The normalized spacial score (nSPS) is 17.4. The second kappa shape index (κ2) is 9.31. The fourth-order valence-corrected chi connectivity index (χ4v) is 5.19. The summed E-state index contributed by atoms with van der Waals surface area (Å²) >= 11 is 5.80. The molecular formula is C27H25N5O2S. The lowest BCUT2D eigenvalue weighted by atomic mass is 9.96. The van der Waals surface area contributed by atoms with Gasteiger partial charge in [-0.3, -0.25) is 9.97 Å². The Morgan fingerprint density at radius 2 is 1.74 bits per heavy atom. The van der Waals surface area contributed by atoms with Crippen LogP contribution in [0, 0.1) is 13.8 Å². The lowest BCUT2D eigenvalue weighted by molar-refractivity contribution is 0.0697. The molecule has 0 bridgehead atoms. The molecule has 4 heterocycles. The summed E-state index contributed by atoms with van der Waals surface area (Å²) in [5, 5.41) is 13.9. The van der Waals surface area contributed by atoms with Gasteiger partial charge in [-0.05, 0) is 74.1 Å². The van der Waals surface area contributed by atoms with Crippen molar-refractivity contribution < 1.29 is 9.90 Å². The maximum Gasteiger partial charge on any atom is 0.337 e. The van der Waals surface area contributed by atoms with E-state index in [-0.39, 0.29) is 17.6 Å². The number of hydrogen-bond donors (Lipinski definition) is 2. The highest BCUT2D eigenvalue weighted by Crippen LogP contribution is 2.42. The first-order valence-electron chi connectivity index (χ1n) is 11.3. The van der Waals surface area contributed by atoms with Gasteiger partial charge in [-0.25, -0.2) is 4.79 Å². The predicted molar refractivity (Wildman–Crippen MR) is 137 cm³/mol. The van der Waals surface area contributed by atoms with Crippen molar-refractivity contribution in [2.75, 3.05) is 0 Å². The van der Waals surface area contributed by atoms with Gasteiger partial charge in [0.05, 0.1) is 41.3 Å². The van der Waals surface area contributed by atoms with Gasteiger partial charge in [-0.2, -0.15) is 0 Å². The van der Waals surface area contributed by atoms with Gasteiger partial charge >= 0.3 is 5.97 Å². The van der Waals surface area contributed by atoms with Crippen LogP contribution in [-0.4, -0.2) is 35.6 Å². The van der Waals surface area contributed by atoms with Crippen LogP contribution < -0.4 is 5.32 Å². The summed E-state index contributed by atoms with van der Waals surface area (Å²) in [7, 11) is 0. The van der Waals surface area contributed by atoms with Gasteiger partial charge in [0.1, 0.15) is 0 Å². The zero-order chi connectivity index (χ0) is 24.5. The topological polar surface area (TPSA) is 83.3 Å². The molecule has 0 saturated carbocycles. The number of carbonyl (C=O) groups is 1. The molecule has 2 atom stereocenters. The maximum absolute atomic E-state index is 12.0. The van der Waals surface area contributed by atoms with E-state index in [4.69, 9.17) is 12.2 Å². The van der Waals surface area contributed by atoms with Crippen molar-refractivity contribution in [2.24, 2.45) is 0 Å². The van der Waals surface area contributed by atoms with Crippen molar-refractivity contribution in [2.45, 2.75) is 32.5 Å². The molecule has 4 aromatic rings. The minimum Gasteiger partial charge on any atom is -0.478 e. The minimum atomic E-state index is -0.957. The number of aromatic carboxylic acids is 1. The Balaban J connectivity index is 1.65. The number of thiocarbonyl (C=S) groups is 1. The van der Waals surface area contributed by atoms with Crippen molar-refractivity contribution in [3.05, 3.63) is 113 Å². The average Bonchev–Trinajstić information content (AvgIpc) is 3.35. The number of nitrogens with zero attached hydrogens (tertiary/aromatic N) is 4. The molecule has 8 heteroatoms. The van der Waals surface area contributed by atoms with E-state index in [0.717, 1.165) is 28.3 Å². The van der Waals surface area contributed by atoms with Crippen molar-refractivity contribution in [3.63, 3.8) is 0 Å². The molecule has 0 spiro atoms. The molecule has 2 N–H and O–H groups in total. The van der Waals surface area contributed by atoms with Gasteiger partial charge in [0.15, 0.2) is 5.11 Å². The lowest BCUT2D eigenvalue weighted by Gasteiger charge is -2.28.